The molecule has 2 aromatic carbocycles. The SMILES string of the molecule is Cc1ccc(-c2cc3c4nn(CC(=O)Nc5ccc(C#N)cc5)c(=O)n4ccn3n2)cc1C. The molecule has 0 saturated carbocycles. The van der Waals surface area contributed by atoms with Crippen molar-refractivity contribution in [2.45, 2.75) is 20.4 Å². The molecule has 0 bridgehead atoms. The summed E-state index contributed by atoms with van der Waals surface area (Å²) in [5.41, 5.74) is 5.80. The lowest BCUT2D eigenvalue weighted by Crippen LogP contribution is -2.28. The summed E-state index contributed by atoms with van der Waals surface area (Å²) in [6.45, 7) is 3.87. The van der Waals surface area contributed by atoms with E-state index in [9.17, 15) is 9.59 Å². The summed E-state index contributed by atoms with van der Waals surface area (Å²) in [7, 11) is 0. The average Bonchev–Trinajstić information content (AvgIpc) is 3.38. The van der Waals surface area contributed by atoms with Crippen molar-refractivity contribution in [3.8, 4) is 17.3 Å². The standard InChI is InChI=1S/C24H19N7O2/c1-15-3-6-18(11-16(15)2)20-12-21-23-28-31(24(33)29(23)9-10-30(21)27-20)14-22(32)26-19-7-4-17(13-25)5-8-19/h3-12H,14H2,1-2H3,(H,26,32). The maximum atomic E-state index is 12.8. The van der Waals surface area contributed by atoms with Gasteiger partial charge in [0.15, 0.2) is 5.65 Å². The number of nitriles is 1. The lowest BCUT2D eigenvalue weighted by atomic mass is 10.0. The molecule has 0 spiro atoms. The summed E-state index contributed by atoms with van der Waals surface area (Å²) in [5.74, 6) is -0.398. The summed E-state index contributed by atoms with van der Waals surface area (Å²) in [5, 5.41) is 20.6. The maximum absolute atomic E-state index is 12.8. The summed E-state index contributed by atoms with van der Waals surface area (Å²) < 4.78 is 4.20. The Morgan fingerprint density at radius 3 is 2.55 bits per heavy atom. The van der Waals surface area contributed by atoms with Gasteiger partial charge in [-0.3, -0.25) is 4.79 Å². The lowest BCUT2D eigenvalue weighted by Gasteiger charge is -2.04. The van der Waals surface area contributed by atoms with Crippen molar-refractivity contribution < 1.29 is 4.79 Å². The fourth-order valence-corrected chi connectivity index (χ4v) is 3.64. The van der Waals surface area contributed by atoms with Crippen LogP contribution in [-0.4, -0.2) is 29.7 Å². The minimum Gasteiger partial charge on any atom is -0.324 e. The summed E-state index contributed by atoms with van der Waals surface area (Å²) in [6.07, 6.45) is 3.28. The van der Waals surface area contributed by atoms with Gasteiger partial charge in [-0.05, 0) is 61.4 Å². The second kappa shape index (κ2) is 7.76. The third-order valence-corrected chi connectivity index (χ3v) is 5.59. The van der Waals surface area contributed by atoms with Crippen LogP contribution >= 0.6 is 0 Å². The first-order valence-electron chi connectivity index (χ1n) is 10.3. The van der Waals surface area contributed by atoms with Crippen LogP contribution in [-0.2, 0) is 11.3 Å². The van der Waals surface area contributed by atoms with Gasteiger partial charge in [0.2, 0.25) is 5.91 Å². The summed E-state index contributed by atoms with van der Waals surface area (Å²) in [4.78, 5) is 25.3. The van der Waals surface area contributed by atoms with E-state index in [0.29, 0.717) is 22.4 Å². The molecule has 9 heteroatoms. The van der Waals surface area contributed by atoms with Crippen molar-refractivity contribution in [3.63, 3.8) is 0 Å². The van der Waals surface area contributed by atoms with Crippen LogP contribution in [0.2, 0.25) is 0 Å². The van der Waals surface area contributed by atoms with Crippen LogP contribution < -0.4 is 11.0 Å². The number of hydrogen-bond donors (Lipinski definition) is 1. The highest BCUT2D eigenvalue weighted by molar-refractivity contribution is 5.90. The van der Waals surface area contributed by atoms with E-state index in [0.717, 1.165) is 15.9 Å². The number of aryl methyl sites for hydroxylation is 2. The molecule has 3 heterocycles. The zero-order valence-electron chi connectivity index (χ0n) is 18.0. The van der Waals surface area contributed by atoms with E-state index in [1.165, 1.54) is 15.5 Å². The molecular weight excluding hydrogens is 418 g/mol. The predicted molar refractivity (Wildman–Crippen MR) is 123 cm³/mol. The molecule has 0 radical (unpaired) electrons. The molecule has 9 nitrogen and oxygen atoms in total. The third kappa shape index (κ3) is 3.64. The smallest absolute Gasteiger partial charge is 0.324 e. The van der Waals surface area contributed by atoms with Gasteiger partial charge in [-0.1, -0.05) is 12.1 Å². The molecule has 162 valence electrons. The van der Waals surface area contributed by atoms with Crippen LogP contribution in [0.5, 0.6) is 0 Å². The molecule has 1 N–H and O–H groups in total. The molecule has 0 saturated heterocycles. The fourth-order valence-electron chi connectivity index (χ4n) is 3.64. The van der Waals surface area contributed by atoms with Crippen LogP contribution in [0.25, 0.3) is 22.4 Å². The number of benzene rings is 2. The largest absolute Gasteiger partial charge is 0.350 e. The van der Waals surface area contributed by atoms with E-state index in [4.69, 9.17) is 5.26 Å². The van der Waals surface area contributed by atoms with E-state index in [2.05, 4.69) is 41.5 Å². The van der Waals surface area contributed by atoms with Crippen LogP contribution in [0.3, 0.4) is 0 Å². The molecule has 0 atom stereocenters. The number of fused-ring (bicyclic) bond motifs is 3. The molecule has 33 heavy (non-hydrogen) atoms. The fraction of sp³-hybridized carbons (Fsp3) is 0.125. The Kier molecular flexibility index (Phi) is 4.75. The van der Waals surface area contributed by atoms with Gasteiger partial charge in [0.05, 0.1) is 17.3 Å². The molecule has 5 rings (SSSR count). The normalized spacial score (nSPS) is 11.1. The number of hydrogen-bond acceptors (Lipinski definition) is 5. The van der Waals surface area contributed by atoms with Gasteiger partial charge >= 0.3 is 5.69 Å². The highest BCUT2D eigenvalue weighted by Crippen LogP contribution is 2.23. The van der Waals surface area contributed by atoms with Gasteiger partial charge in [-0.25, -0.2) is 18.4 Å². The highest BCUT2D eigenvalue weighted by Gasteiger charge is 2.15. The molecule has 0 fully saturated rings. The van der Waals surface area contributed by atoms with Crippen LogP contribution in [0.15, 0.2) is 65.7 Å². The molecule has 5 aromatic rings. The summed E-state index contributed by atoms with van der Waals surface area (Å²) >= 11 is 0. The number of nitrogens with one attached hydrogen (secondary N) is 1. The number of amides is 1. The maximum Gasteiger partial charge on any atom is 0.350 e. The first kappa shape index (κ1) is 20.2. The minimum absolute atomic E-state index is 0.245. The second-order valence-corrected chi connectivity index (χ2v) is 7.83. The first-order chi connectivity index (χ1) is 15.9. The topological polar surface area (TPSA) is 109 Å². The van der Waals surface area contributed by atoms with E-state index in [1.54, 1.807) is 41.2 Å². The number of aromatic nitrogens is 5. The van der Waals surface area contributed by atoms with Crippen molar-refractivity contribution in [1.82, 2.24) is 23.8 Å². The quantitative estimate of drug-likeness (QED) is 0.465. The number of anilines is 1. The first-order valence-corrected chi connectivity index (χ1v) is 10.3. The molecule has 1 amide bonds. The third-order valence-electron chi connectivity index (χ3n) is 5.59. The number of carbonyl (C=O) groups is 1. The molecule has 0 aliphatic carbocycles. The molecule has 3 aromatic heterocycles. The van der Waals surface area contributed by atoms with E-state index in [-0.39, 0.29) is 6.54 Å². The van der Waals surface area contributed by atoms with Crippen molar-refractivity contribution in [2.24, 2.45) is 0 Å². The molecule has 0 aliphatic rings. The Morgan fingerprint density at radius 1 is 1.03 bits per heavy atom. The van der Waals surface area contributed by atoms with Crippen LogP contribution in [0, 0.1) is 25.2 Å². The minimum atomic E-state index is -0.420. The van der Waals surface area contributed by atoms with Gasteiger partial charge in [-0.15, -0.1) is 5.10 Å². The second-order valence-electron chi connectivity index (χ2n) is 7.83. The Hall–Kier alpha value is -4.71. The Morgan fingerprint density at radius 2 is 1.82 bits per heavy atom. The van der Waals surface area contributed by atoms with Gasteiger partial charge in [0.25, 0.3) is 0 Å². The average molecular weight is 437 g/mol. The van der Waals surface area contributed by atoms with Crippen molar-refractivity contribution in [1.29, 1.82) is 5.26 Å². The molecular formula is C24H19N7O2. The van der Waals surface area contributed by atoms with Crippen molar-refractivity contribution >= 4 is 22.8 Å². The zero-order valence-corrected chi connectivity index (χ0v) is 18.0. The van der Waals surface area contributed by atoms with Crippen LogP contribution in [0.4, 0.5) is 5.69 Å². The van der Waals surface area contributed by atoms with Crippen molar-refractivity contribution in [3.05, 3.63) is 88.1 Å². The van der Waals surface area contributed by atoms with Gasteiger partial charge < -0.3 is 5.32 Å². The molecule has 0 aliphatic heterocycles. The van der Waals surface area contributed by atoms with Crippen molar-refractivity contribution in [2.75, 3.05) is 5.32 Å². The monoisotopic (exact) mass is 437 g/mol. The Labute approximate surface area is 188 Å². The van der Waals surface area contributed by atoms with E-state index in [1.807, 2.05) is 18.2 Å². The Bertz CT molecular complexity index is 1630. The Balaban J connectivity index is 1.47. The van der Waals surface area contributed by atoms with Gasteiger partial charge in [0, 0.05) is 23.6 Å². The summed E-state index contributed by atoms with van der Waals surface area (Å²) in [6, 6.07) is 16.5. The van der Waals surface area contributed by atoms with Gasteiger partial charge in [0.1, 0.15) is 12.1 Å². The van der Waals surface area contributed by atoms with Crippen LogP contribution in [0.1, 0.15) is 16.7 Å². The highest BCUT2D eigenvalue weighted by atomic mass is 16.2. The molecule has 0 unspecified atom stereocenters. The van der Waals surface area contributed by atoms with E-state index < -0.39 is 11.6 Å². The predicted octanol–water partition coefficient (Wildman–Crippen LogP) is 2.94. The zero-order chi connectivity index (χ0) is 23.1. The lowest BCUT2D eigenvalue weighted by molar-refractivity contribution is -0.117. The van der Waals surface area contributed by atoms with Gasteiger partial charge in [-0.2, -0.15) is 10.4 Å². The number of carbonyl (C=O) groups excluding carboxylic acids is 1. The number of nitrogens with zero attached hydrogens (tertiary/aromatic N) is 6. The number of rotatable bonds is 4. The van der Waals surface area contributed by atoms with E-state index >= 15 is 0 Å².